The van der Waals surface area contributed by atoms with Crippen molar-refractivity contribution in [2.45, 2.75) is 26.2 Å². The van der Waals surface area contributed by atoms with Crippen molar-refractivity contribution in [2.24, 2.45) is 0 Å². The fourth-order valence-electron chi connectivity index (χ4n) is 4.38. The predicted octanol–water partition coefficient (Wildman–Crippen LogP) is 7.01. The predicted molar refractivity (Wildman–Crippen MR) is 154 cm³/mol. The van der Waals surface area contributed by atoms with Gasteiger partial charge >= 0.3 is 5.97 Å². The van der Waals surface area contributed by atoms with Gasteiger partial charge in [-0.3, -0.25) is 9.59 Å². The summed E-state index contributed by atoms with van der Waals surface area (Å²) in [5.74, 6) is -0.557. The minimum Gasteiger partial charge on any atom is -0.481 e. The average Bonchev–Trinajstić information content (AvgIpc) is 2.95. The van der Waals surface area contributed by atoms with E-state index in [1.807, 2.05) is 91.9 Å². The molecule has 0 atom stereocenters. The van der Waals surface area contributed by atoms with Crippen LogP contribution < -0.4 is 10.6 Å². The largest absolute Gasteiger partial charge is 0.481 e. The van der Waals surface area contributed by atoms with E-state index in [4.69, 9.17) is 10.1 Å². The van der Waals surface area contributed by atoms with Gasteiger partial charge in [0.2, 0.25) is 5.95 Å². The van der Waals surface area contributed by atoms with Crippen LogP contribution in [0.3, 0.4) is 0 Å². The van der Waals surface area contributed by atoms with Crippen LogP contribution >= 0.6 is 0 Å². The fourth-order valence-corrected chi connectivity index (χ4v) is 4.38. The number of fused-ring (bicyclic) bond motifs is 1. The standard InChI is InChI=1S/C32H28N4O3/c1-21-14-15-22(8-7-13-29(37)38)20-28(21)34-31(39)24-16-18-25(19-17-24)33-32-35-27-12-6-5-11-26(27)30(36-32)23-9-3-2-4-10-23/h2-6,9-12,14-20H,7-8,13H2,1H3,(H,34,39)(H,37,38)(H,33,35,36). The first-order chi connectivity index (χ1) is 19.0. The molecule has 39 heavy (non-hydrogen) atoms. The molecule has 1 amide bonds. The molecule has 0 fully saturated rings. The lowest BCUT2D eigenvalue weighted by Gasteiger charge is -2.12. The van der Waals surface area contributed by atoms with Gasteiger partial charge in [0.1, 0.15) is 0 Å². The van der Waals surface area contributed by atoms with E-state index < -0.39 is 5.97 Å². The maximum absolute atomic E-state index is 13.0. The number of aryl methyl sites for hydroxylation is 2. The summed E-state index contributed by atoms with van der Waals surface area (Å²) >= 11 is 0. The zero-order valence-electron chi connectivity index (χ0n) is 21.5. The molecule has 0 aliphatic carbocycles. The van der Waals surface area contributed by atoms with E-state index in [9.17, 15) is 9.59 Å². The third-order valence-electron chi connectivity index (χ3n) is 6.46. The third-order valence-corrected chi connectivity index (χ3v) is 6.46. The number of rotatable bonds is 9. The highest BCUT2D eigenvalue weighted by molar-refractivity contribution is 6.05. The van der Waals surface area contributed by atoms with Gasteiger partial charge in [0.25, 0.3) is 5.91 Å². The number of para-hydroxylation sites is 1. The molecule has 0 bridgehead atoms. The second-order valence-corrected chi connectivity index (χ2v) is 9.33. The van der Waals surface area contributed by atoms with Gasteiger partial charge in [-0.15, -0.1) is 0 Å². The summed E-state index contributed by atoms with van der Waals surface area (Å²) in [6, 6.07) is 30.9. The van der Waals surface area contributed by atoms with Crippen molar-refractivity contribution in [3.8, 4) is 11.3 Å². The highest BCUT2D eigenvalue weighted by atomic mass is 16.4. The molecule has 1 aromatic heterocycles. The van der Waals surface area contributed by atoms with Gasteiger partial charge in [-0.2, -0.15) is 0 Å². The number of benzene rings is 4. The van der Waals surface area contributed by atoms with Crippen LogP contribution in [0.2, 0.25) is 0 Å². The van der Waals surface area contributed by atoms with Crippen LogP contribution in [-0.4, -0.2) is 27.0 Å². The Hall–Kier alpha value is -5.04. The number of carbonyl (C=O) groups is 2. The number of aliphatic carboxylic acids is 1. The van der Waals surface area contributed by atoms with E-state index in [-0.39, 0.29) is 12.3 Å². The molecule has 5 aromatic rings. The Morgan fingerprint density at radius 1 is 0.846 bits per heavy atom. The molecular weight excluding hydrogens is 488 g/mol. The number of amides is 1. The highest BCUT2D eigenvalue weighted by Crippen LogP contribution is 2.28. The van der Waals surface area contributed by atoms with Crippen LogP contribution in [0.25, 0.3) is 22.2 Å². The van der Waals surface area contributed by atoms with Crippen LogP contribution in [0, 0.1) is 6.92 Å². The van der Waals surface area contributed by atoms with Crippen molar-refractivity contribution in [1.82, 2.24) is 9.97 Å². The summed E-state index contributed by atoms with van der Waals surface area (Å²) in [6.07, 6.45) is 1.31. The van der Waals surface area contributed by atoms with Gasteiger partial charge in [0.15, 0.2) is 0 Å². The number of carboxylic acid groups (broad SMARTS) is 1. The lowest BCUT2D eigenvalue weighted by Crippen LogP contribution is -2.13. The molecule has 194 valence electrons. The molecular formula is C32H28N4O3. The molecule has 0 radical (unpaired) electrons. The summed E-state index contributed by atoms with van der Waals surface area (Å²) in [4.78, 5) is 33.2. The SMILES string of the molecule is Cc1ccc(CCCC(=O)O)cc1NC(=O)c1ccc(Nc2nc(-c3ccccc3)c3ccccc3n2)cc1. The summed E-state index contributed by atoms with van der Waals surface area (Å²) in [5, 5.41) is 16.1. The van der Waals surface area contributed by atoms with Crippen LogP contribution in [0.15, 0.2) is 97.1 Å². The van der Waals surface area contributed by atoms with Crippen LogP contribution in [0.4, 0.5) is 17.3 Å². The molecule has 0 aliphatic rings. The van der Waals surface area contributed by atoms with Crippen molar-refractivity contribution in [1.29, 1.82) is 0 Å². The lowest BCUT2D eigenvalue weighted by atomic mass is 10.0. The molecule has 7 heteroatoms. The zero-order chi connectivity index (χ0) is 27.2. The van der Waals surface area contributed by atoms with Gasteiger partial charge < -0.3 is 15.7 Å². The number of nitrogens with one attached hydrogen (secondary N) is 2. The topological polar surface area (TPSA) is 104 Å². The van der Waals surface area contributed by atoms with Crippen molar-refractivity contribution < 1.29 is 14.7 Å². The van der Waals surface area contributed by atoms with Crippen molar-refractivity contribution >= 4 is 40.1 Å². The van der Waals surface area contributed by atoms with Crippen LogP contribution in [0.1, 0.15) is 34.3 Å². The Balaban J connectivity index is 1.31. The van der Waals surface area contributed by atoms with E-state index >= 15 is 0 Å². The number of carbonyl (C=O) groups excluding carboxylic acids is 1. The normalized spacial score (nSPS) is 10.8. The molecule has 0 aliphatic heterocycles. The van der Waals surface area contributed by atoms with Gasteiger partial charge in [0.05, 0.1) is 11.2 Å². The first kappa shape index (κ1) is 25.6. The summed E-state index contributed by atoms with van der Waals surface area (Å²) in [5.41, 5.74) is 6.61. The number of carboxylic acids is 1. The molecule has 0 unspecified atom stereocenters. The van der Waals surface area contributed by atoms with Crippen molar-refractivity contribution in [2.75, 3.05) is 10.6 Å². The first-order valence-corrected chi connectivity index (χ1v) is 12.8. The first-order valence-electron chi connectivity index (χ1n) is 12.8. The van der Waals surface area contributed by atoms with Crippen molar-refractivity contribution in [3.05, 3.63) is 114 Å². The minimum absolute atomic E-state index is 0.119. The molecule has 0 saturated heterocycles. The Bertz CT molecular complexity index is 1630. The lowest BCUT2D eigenvalue weighted by molar-refractivity contribution is -0.137. The average molecular weight is 517 g/mol. The smallest absolute Gasteiger partial charge is 0.303 e. The fraction of sp³-hybridized carbons (Fsp3) is 0.125. The molecule has 3 N–H and O–H groups in total. The Kier molecular flexibility index (Phi) is 7.59. The number of anilines is 3. The number of hydrogen-bond donors (Lipinski definition) is 3. The van der Waals surface area contributed by atoms with E-state index in [1.165, 1.54) is 0 Å². The van der Waals surface area contributed by atoms with E-state index in [0.717, 1.165) is 39.0 Å². The van der Waals surface area contributed by atoms with Crippen LogP contribution in [-0.2, 0) is 11.2 Å². The molecule has 7 nitrogen and oxygen atoms in total. The molecule has 0 saturated carbocycles. The zero-order valence-corrected chi connectivity index (χ0v) is 21.5. The van der Waals surface area contributed by atoms with Gasteiger partial charge in [0, 0.05) is 34.3 Å². The molecule has 1 heterocycles. The summed E-state index contributed by atoms with van der Waals surface area (Å²) < 4.78 is 0. The van der Waals surface area contributed by atoms with Crippen LogP contribution in [0.5, 0.6) is 0 Å². The maximum atomic E-state index is 13.0. The number of aromatic nitrogens is 2. The molecule has 5 rings (SSSR count). The third kappa shape index (κ3) is 6.27. The van der Waals surface area contributed by atoms with E-state index in [1.54, 1.807) is 12.1 Å². The Labute approximate surface area is 226 Å². The molecule has 4 aromatic carbocycles. The Morgan fingerprint density at radius 3 is 2.36 bits per heavy atom. The van der Waals surface area contributed by atoms with E-state index in [2.05, 4.69) is 15.6 Å². The highest BCUT2D eigenvalue weighted by Gasteiger charge is 2.12. The quantitative estimate of drug-likeness (QED) is 0.195. The van der Waals surface area contributed by atoms with Gasteiger partial charge in [-0.05, 0) is 67.3 Å². The monoisotopic (exact) mass is 516 g/mol. The van der Waals surface area contributed by atoms with Gasteiger partial charge in [-0.1, -0.05) is 60.7 Å². The van der Waals surface area contributed by atoms with E-state index in [0.29, 0.717) is 30.0 Å². The summed E-state index contributed by atoms with van der Waals surface area (Å²) in [6.45, 7) is 1.93. The second kappa shape index (κ2) is 11.6. The maximum Gasteiger partial charge on any atom is 0.303 e. The molecule has 0 spiro atoms. The summed E-state index contributed by atoms with van der Waals surface area (Å²) in [7, 11) is 0. The Morgan fingerprint density at radius 2 is 1.59 bits per heavy atom. The second-order valence-electron chi connectivity index (χ2n) is 9.33. The van der Waals surface area contributed by atoms with Crippen molar-refractivity contribution in [3.63, 3.8) is 0 Å². The number of nitrogens with zero attached hydrogens (tertiary/aromatic N) is 2. The number of hydrogen-bond acceptors (Lipinski definition) is 5. The minimum atomic E-state index is -0.808. The van der Waals surface area contributed by atoms with Gasteiger partial charge in [-0.25, -0.2) is 9.97 Å².